The largest absolute Gasteiger partial charge is 0.398 e. The zero-order valence-corrected chi connectivity index (χ0v) is 22.0. The minimum absolute atomic E-state index is 0.784. The molecular formula is C28H14F10N6. The third kappa shape index (κ3) is 4.17. The minimum atomic E-state index is -2.17. The molecule has 16 heteroatoms. The van der Waals surface area contributed by atoms with Crippen LogP contribution in [0.2, 0.25) is 0 Å². The summed E-state index contributed by atoms with van der Waals surface area (Å²) in [4.78, 5) is 0. The van der Waals surface area contributed by atoms with Crippen LogP contribution in [0.5, 0.6) is 0 Å². The van der Waals surface area contributed by atoms with Gasteiger partial charge < -0.3 is 22.9 Å². The summed E-state index contributed by atoms with van der Waals surface area (Å²) < 4.78 is 147. The van der Waals surface area contributed by atoms with Gasteiger partial charge in [0.05, 0.1) is 22.5 Å². The highest BCUT2D eigenvalue weighted by molar-refractivity contribution is 6.08. The minimum Gasteiger partial charge on any atom is -0.398 e. The Hall–Kier alpha value is -5.64. The van der Waals surface area contributed by atoms with Crippen molar-refractivity contribution in [2.75, 3.05) is 11.5 Å². The summed E-state index contributed by atoms with van der Waals surface area (Å²) in [6, 6.07) is 2.49. The van der Waals surface area contributed by atoms with Crippen molar-refractivity contribution >= 4 is 28.3 Å². The van der Waals surface area contributed by atoms with Gasteiger partial charge in [-0.05, 0) is 25.0 Å². The third-order valence-corrected chi connectivity index (χ3v) is 6.93. The Morgan fingerprint density at radius 3 is 1.34 bits per heavy atom. The maximum Gasteiger partial charge on any atom is 0.185 e. The van der Waals surface area contributed by atoms with Gasteiger partial charge in [0.15, 0.2) is 52.4 Å². The number of halogens is 10. The predicted octanol–water partition coefficient (Wildman–Crippen LogP) is 5.76. The van der Waals surface area contributed by atoms with Crippen molar-refractivity contribution in [3.8, 4) is 12.1 Å². The molecule has 0 atom stereocenters. The fraction of sp³-hybridized carbons (Fsp3) is 0.0714. The lowest BCUT2D eigenvalue weighted by Gasteiger charge is -2.12. The molecule has 0 radical (unpaired) electrons. The van der Waals surface area contributed by atoms with Crippen LogP contribution in [0, 0.1) is 94.7 Å². The van der Waals surface area contributed by atoms with Gasteiger partial charge >= 0.3 is 0 Å². The lowest BCUT2D eigenvalue weighted by molar-refractivity contribution is 0.456. The van der Waals surface area contributed by atoms with Gasteiger partial charge in [0.1, 0.15) is 34.9 Å². The fourth-order valence-corrected chi connectivity index (χ4v) is 4.64. The Bertz CT molecular complexity index is 1960. The van der Waals surface area contributed by atoms with Crippen molar-refractivity contribution in [2.45, 2.75) is 13.8 Å². The molecule has 0 amide bonds. The highest BCUT2D eigenvalue weighted by Gasteiger charge is 2.44. The maximum atomic E-state index is 15.1. The van der Waals surface area contributed by atoms with E-state index in [0.717, 1.165) is 19.9 Å². The SMILES string of the molecule is Cc1c(F)c(N)c(F)c(F)c1C(C#N)=C1C(=C(/N)c2c(C)c(F)c(C#N)c(F)c2F)/C1=C(/N)c1c(F)c(F)c(N)c(F)c1F. The van der Waals surface area contributed by atoms with Gasteiger partial charge in [-0.2, -0.15) is 10.5 Å². The van der Waals surface area contributed by atoms with Crippen LogP contribution in [-0.2, 0) is 0 Å². The summed E-state index contributed by atoms with van der Waals surface area (Å²) in [6.07, 6.45) is 0. The van der Waals surface area contributed by atoms with E-state index < -0.39 is 137 Å². The molecule has 0 aromatic heterocycles. The molecule has 44 heavy (non-hydrogen) atoms. The van der Waals surface area contributed by atoms with Gasteiger partial charge in [-0.15, -0.1) is 0 Å². The third-order valence-electron chi connectivity index (χ3n) is 6.93. The Morgan fingerprint density at radius 1 is 0.500 bits per heavy atom. The molecule has 3 aromatic carbocycles. The summed E-state index contributed by atoms with van der Waals surface area (Å²) in [5.74, 6) is -19.5. The first kappa shape index (κ1) is 31.3. The van der Waals surface area contributed by atoms with Gasteiger partial charge in [-0.3, -0.25) is 0 Å². The molecule has 3 aromatic rings. The number of anilines is 2. The number of nitrogen functional groups attached to an aromatic ring is 2. The van der Waals surface area contributed by atoms with E-state index in [1.54, 1.807) is 0 Å². The first-order chi connectivity index (χ1) is 20.5. The molecule has 6 nitrogen and oxygen atoms in total. The summed E-state index contributed by atoms with van der Waals surface area (Å²) in [7, 11) is 0. The summed E-state index contributed by atoms with van der Waals surface area (Å²) >= 11 is 0. The predicted molar refractivity (Wildman–Crippen MR) is 137 cm³/mol. The van der Waals surface area contributed by atoms with Gasteiger partial charge in [-0.1, -0.05) is 0 Å². The summed E-state index contributed by atoms with van der Waals surface area (Å²) in [5.41, 5.74) is 6.45. The lowest BCUT2D eigenvalue weighted by Crippen LogP contribution is -2.11. The molecule has 0 saturated heterocycles. The van der Waals surface area contributed by atoms with E-state index in [2.05, 4.69) is 0 Å². The van der Waals surface area contributed by atoms with E-state index in [1.807, 2.05) is 0 Å². The quantitative estimate of drug-likeness (QED) is 0.126. The van der Waals surface area contributed by atoms with Crippen LogP contribution >= 0.6 is 0 Å². The van der Waals surface area contributed by atoms with Gasteiger partial charge in [-0.25, -0.2) is 43.9 Å². The standard InChI is InChI=1S/C28H14F10N6/c1-5-9(18(32)22(36)27(43)16(5)30)7(3-39)11-12(25(41)10-6(2)15(29)8(4-40)17(31)19(10)33)13(11)26(42)14-20(34)23(37)28(44)24(38)21(14)35/h41-44H2,1-2H3/b11-7?,25-12-,26-13+. The molecule has 0 bridgehead atoms. The van der Waals surface area contributed by atoms with Gasteiger partial charge in [0, 0.05) is 27.8 Å². The van der Waals surface area contributed by atoms with E-state index in [1.165, 1.54) is 6.07 Å². The molecule has 0 heterocycles. The van der Waals surface area contributed by atoms with E-state index in [0.29, 0.717) is 0 Å². The second kappa shape index (κ2) is 10.6. The van der Waals surface area contributed by atoms with E-state index in [9.17, 15) is 40.4 Å². The molecular weight excluding hydrogens is 610 g/mol. The number of hydrogen-bond donors (Lipinski definition) is 4. The molecule has 0 aliphatic heterocycles. The number of nitriles is 2. The molecule has 0 spiro atoms. The maximum absolute atomic E-state index is 15.1. The van der Waals surface area contributed by atoms with E-state index in [4.69, 9.17) is 28.2 Å². The van der Waals surface area contributed by atoms with Crippen LogP contribution in [-0.4, -0.2) is 0 Å². The zero-order valence-electron chi connectivity index (χ0n) is 22.0. The number of nitrogens with zero attached hydrogens (tertiary/aromatic N) is 2. The normalized spacial score (nSPS) is 16.0. The van der Waals surface area contributed by atoms with Crippen LogP contribution in [0.25, 0.3) is 17.0 Å². The molecule has 4 rings (SSSR count). The van der Waals surface area contributed by atoms with Crippen molar-refractivity contribution in [1.29, 1.82) is 10.5 Å². The molecule has 0 unspecified atom stereocenters. The number of nitrogens with two attached hydrogens (primary N) is 4. The monoisotopic (exact) mass is 624 g/mol. The van der Waals surface area contributed by atoms with Crippen molar-refractivity contribution in [3.63, 3.8) is 0 Å². The average Bonchev–Trinajstić information content (AvgIpc) is 3.73. The second-order valence-corrected chi connectivity index (χ2v) is 9.27. The Kier molecular flexibility index (Phi) is 7.52. The van der Waals surface area contributed by atoms with Crippen LogP contribution < -0.4 is 22.9 Å². The van der Waals surface area contributed by atoms with E-state index in [-0.39, 0.29) is 0 Å². The molecule has 1 saturated carbocycles. The zero-order chi connectivity index (χ0) is 33.3. The van der Waals surface area contributed by atoms with E-state index >= 15 is 8.78 Å². The first-order valence-electron chi connectivity index (χ1n) is 11.7. The summed E-state index contributed by atoms with van der Waals surface area (Å²) in [6.45, 7) is 1.69. The topological polar surface area (TPSA) is 152 Å². The molecule has 1 fully saturated rings. The smallest absolute Gasteiger partial charge is 0.185 e. The number of benzene rings is 3. The number of hydrogen-bond acceptors (Lipinski definition) is 6. The van der Waals surface area contributed by atoms with Crippen LogP contribution in [0.4, 0.5) is 55.3 Å². The first-order valence-corrected chi connectivity index (χ1v) is 11.7. The van der Waals surface area contributed by atoms with Crippen molar-refractivity contribution in [3.05, 3.63) is 108 Å². The fourth-order valence-electron chi connectivity index (χ4n) is 4.64. The van der Waals surface area contributed by atoms with Gasteiger partial charge in [0.2, 0.25) is 0 Å². The second-order valence-electron chi connectivity index (χ2n) is 9.27. The van der Waals surface area contributed by atoms with Crippen LogP contribution in [0.1, 0.15) is 33.4 Å². The molecule has 8 N–H and O–H groups in total. The van der Waals surface area contributed by atoms with Gasteiger partial charge in [0.25, 0.3) is 0 Å². The highest BCUT2D eigenvalue weighted by Crippen LogP contribution is 2.56. The van der Waals surface area contributed by atoms with Crippen molar-refractivity contribution < 1.29 is 43.9 Å². The lowest BCUT2D eigenvalue weighted by atomic mass is 9.97. The Morgan fingerprint density at radius 2 is 0.886 bits per heavy atom. The highest BCUT2D eigenvalue weighted by atomic mass is 19.2. The Labute approximate surface area is 240 Å². The summed E-state index contributed by atoms with van der Waals surface area (Å²) in [5, 5.41) is 18.9. The van der Waals surface area contributed by atoms with Crippen molar-refractivity contribution in [2.24, 2.45) is 11.5 Å². The molecule has 1 aliphatic rings. The van der Waals surface area contributed by atoms with Crippen LogP contribution in [0.15, 0.2) is 16.7 Å². The molecule has 226 valence electrons. The number of allylic oxidation sites excluding steroid dienone is 4. The van der Waals surface area contributed by atoms with Crippen LogP contribution in [0.3, 0.4) is 0 Å². The number of rotatable bonds is 3. The molecule has 1 aliphatic carbocycles. The van der Waals surface area contributed by atoms with Crippen molar-refractivity contribution in [1.82, 2.24) is 0 Å². The Balaban J connectivity index is 2.27. The average molecular weight is 624 g/mol.